The minimum Gasteiger partial charge on any atom is -0.326 e. The van der Waals surface area contributed by atoms with Gasteiger partial charge in [-0.2, -0.15) is 0 Å². The van der Waals surface area contributed by atoms with E-state index in [9.17, 15) is 13.2 Å². The Morgan fingerprint density at radius 1 is 1.29 bits per heavy atom. The standard InChI is InChI=1S/C13H18Cl2N2O3S/c1-17(2)21(19,20)12-9-10(6-7-11(12)15)16-13(18)5-3-4-8-14/h6-7,9H,3-5,8H2,1-2H3,(H,16,18). The molecule has 0 aliphatic heterocycles. The quantitative estimate of drug-likeness (QED) is 0.605. The van der Waals surface area contributed by atoms with Crippen LogP contribution in [0.2, 0.25) is 5.02 Å². The molecule has 0 spiro atoms. The van der Waals surface area contributed by atoms with Crippen LogP contribution in [0.1, 0.15) is 19.3 Å². The molecule has 0 bridgehead atoms. The first kappa shape index (κ1) is 18.2. The lowest BCUT2D eigenvalue weighted by Gasteiger charge is -2.14. The fraction of sp³-hybridized carbons (Fsp3) is 0.462. The zero-order valence-electron chi connectivity index (χ0n) is 11.9. The smallest absolute Gasteiger partial charge is 0.244 e. The van der Waals surface area contributed by atoms with Crippen LogP contribution in [-0.4, -0.2) is 38.6 Å². The van der Waals surface area contributed by atoms with Crippen molar-refractivity contribution >= 4 is 44.8 Å². The van der Waals surface area contributed by atoms with Crippen LogP contribution in [0.3, 0.4) is 0 Å². The largest absolute Gasteiger partial charge is 0.326 e. The number of sulfonamides is 1. The number of alkyl halides is 1. The summed E-state index contributed by atoms with van der Waals surface area (Å²) < 4.78 is 25.3. The second-order valence-electron chi connectivity index (χ2n) is 4.63. The Balaban J connectivity index is 2.90. The van der Waals surface area contributed by atoms with Crippen LogP contribution < -0.4 is 5.32 Å². The van der Waals surface area contributed by atoms with E-state index in [0.29, 0.717) is 24.4 Å². The molecule has 1 aromatic carbocycles. The number of hydrogen-bond donors (Lipinski definition) is 1. The lowest BCUT2D eigenvalue weighted by atomic mass is 10.2. The molecule has 0 saturated carbocycles. The maximum absolute atomic E-state index is 12.1. The zero-order chi connectivity index (χ0) is 16.0. The van der Waals surface area contributed by atoms with Crippen molar-refractivity contribution in [1.29, 1.82) is 0 Å². The number of benzene rings is 1. The number of anilines is 1. The molecule has 1 amide bonds. The highest BCUT2D eigenvalue weighted by atomic mass is 35.5. The Labute approximate surface area is 135 Å². The minimum atomic E-state index is -3.65. The number of amides is 1. The predicted molar refractivity (Wildman–Crippen MR) is 85.5 cm³/mol. The van der Waals surface area contributed by atoms with Crippen LogP contribution in [0.4, 0.5) is 5.69 Å². The Morgan fingerprint density at radius 3 is 2.52 bits per heavy atom. The number of halogens is 2. The highest BCUT2D eigenvalue weighted by Crippen LogP contribution is 2.26. The van der Waals surface area contributed by atoms with Crippen LogP contribution in [-0.2, 0) is 14.8 Å². The summed E-state index contributed by atoms with van der Waals surface area (Å²) >= 11 is 11.5. The van der Waals surface area contributed by atoms with Crippen LogP contribution in [0.5, 0.6) is 0 Å². The predicted octanol–water partition coefficient (Wildman–Crippen LogP) is 2.94. The number of carbonyl (C=O) groups excluding carboxylic acids is 1. The van der Waals surface area contributed by atoms with Gasteiger partial charge in [0.05, 0.1) is 5.02 Å². The average Bonchev–Trinajstić information content (AvgIpc) is 2.41. The first-order chi connectivity index (χ1) is 9.78. The van der Waals surface area contributed by atoms with Gasteiger partial charge >= 0.3 is 0 Å². The Hall–Kier alpha value is -0.820. The van der Waals surface area contributed by atoms with E-state index in [0.717, 1.165) is 10.7 Å². The zero-order valence-corrected chi connectivity index (χ0v) is 14.2. The van der Waals surface area contributed by atoms with Gasteiger partial charge in [0.15, 0.2) is 0 Å². The fourth-order valence-corrected chi connectivity index (χ4v) is 3.16. The number of nitrogens with one attached hydrogen (secondary N) is 1. The van der Waals surface area contributed by atoms with Crippen molar-refractivity contribution in [2.24, 2.45) is 0 Å². The number of carbonyl (C=O) groups is 1. The number of hydrogen-bond acceptors (Lipinski definition) is 3. The van der Waals surface area contributed by atoms with Crippen LogP contribution in [0, 0.1) is 0 Å². The van der Waals surface area contributed by atoms with E-state index in [1.807, 2.05) is 0 Å². The summed E-state index contributed by atoms with van der Waals surface area (Å²) in [7, 11) is -0.815. The molecule has 1 rings (SSSR count). The van der Waals surface area contributed by atoms with Gasteiger partial charge in [0.25, 0.3) is 0 Å². The second kappa shape index (κ2) is 7.98. The molecule has 118 valence electrons. The van der Waals surface area contributed by atoms with Crippen LogP contribution >= 0.6 is 23.2 Å². The lowest BCUT2D eigenvalue weighted by Crippen LogP contribution is -2.22. The van der Waals surface area contributed by atoms with Gasteiger partial charge in [-0.1, -0.05) is 11.6 Å². The summed E-state index contributed by atoms with van der Waals surface area (Å²) in [5, 5.41) is 2.77. The fourth-order valence-electron chi connectivity index (χ4n) is 1.58. The van der Waals surface area contributed by atoms with Gasteiger partial charge in [-0.3, -0.25) is 4.79 Å². The van der Waals surface area contributed by atoms with Gasteiger partial charge < -0.3 is 5.32 Å². The number of nitrogens with zero attached hydrogens (tertiary/aromatic N) is 1. The van der Waals surface area contributed by atoms with Gasteiger partial charge in [-0.05, 0) is 31.0 Å². The molecule has 0 radical (unpaired) electrons. The van der Waals surface area contributed by atoms with E-state index in [4.69, 9.17) is 23.2 Å². The van der Waals surface area contributed by atoms with Gasteiger partial charge in [-0.15, -0.1) is 11.6 Å². The molecule has 0 aliphatic carbocycles. The second-order valence-corrected chi connectivity index (χ2v) is 7.53. The molecule has 0 saturated heterocycles. The maximum Gasteiger partial charge on any atom is 0.244 e. The van der Waals surface area contributed by atoms with Gasteiger partial charge in [0, 0.05) is 32.1 Å². The Morgan fingerprint density at radius 2 is 1.95 bits per heavy atom. The van der Waals surface area contributed by atoms with E-state index < -0.39 is 10.0 Å². The summed E-state index contributed by atoms with van der Waals surface area (Å²) in [4.78, 5) is 11.7. The molecule has 0 heterocycles. The average molecular weight is 353 g/mol. The van der Waals surface area contributed by atoms with Crippen molar-refractivity contribution in [3.05, 3.63) is 23.2 Å². The van der Waals surface area contributed by atoms with Crippen molar-refractivity contribution in [1.82, 2.24) is 4.31 Å². The highest BCUT2D eigenvalue weighted by Gasteiger charge is 2.21. The number of unbranched alkanes of at least 4 members (excludes halogenated alkanes) is 1. The molecular weight excluding hydrogens is 335 g/mol. The molecule has 0 aromatic heterocycles. The molecule has 1 aromatic rings. The van der Waals surface area contributed by atoms with E-state index in [2.05, 4.69) is 5.32 Å². The summed E-state index contributed by atoms with van der Waals surface area (Å²) in [6.45, 7) is 0. The normalized spacial score (nSPS) is 11.7. The molecule has 0 unspecified atom stereocenters. The minimum absolute atomic E-state index is 0.0345. The van der Waals surface area contributed by atoms with Crippen molar-refractivity contribution in [2.45, 2.75) is 24.2 Å². The molecular formula is C13H18Cl2N2O3S. The molecule has 1 N–H and O–H groups in total. The summed E-state index contributed by atoms with van der Waals surface area (Å²) in [5.74, 6) is 0.329. The highest BCUT2D eigenvalue weighted by molar-refractivity contribution is 7.89. The maximum atomic E-state index is 12.1. The lowest BCUT2D eigenvalue weighted by molar-refractivity contribution is -0.116. The Kier molecular flexibility index (Phi) is 6.93. The molecule has 8 heteroatoms. The van der Waals surface area contributed by atoms with Crippen molar-refractivity contribution < 1.29 is 13.2 Å². The topological polar surface area (TPSA) is 66.5 Å². The third-order valence-corrected chi connectivity index (χ3v) is 5.32. The van der Waals surface area contributed by atoms with Crippen molar-refractivity contribution in [3.63, 3.8) is 0 Å². The van der Waals surface area contributed by atoms with Crippen LogP contribution in [0.25, 0.3) is 0 Å². The number of rotatable bonds is 7. The van der Waals surface area contributed by atoms with Crippen molar-refractivity contribution in [3.8, 4) is 0 Å². The first-order valence-corrected chi connectivity index (χ1v) is 8.72. The monoisotopic (exact) mass is 352 g/mol. The van der Waals surface area contributed by atoms with E-state index in [1.54, 1.807) is 6.07 Å². The summed E-state index contributed by atoms with van der Waals surface area (Å²) in [5.41, 5.74) is 0.399. The summed E-state index contributed by atoms with van der Waals surface area (Å²) in [6.07, 6.45) is 1.78. The molecule has 5 nitrogen and oxygen atoms in total. The molecule has 0 fully saturated rings. The van der Waals surface area contributed by atoms with Gasteiger partial charge in [-0.25, -0.2) is 12.7 Å². The first-order valence-electron chi connectivity index (χ1n) is 6.37. The molecule has 21 heavy (non-hydrogen) atoms. The third-order valence-electron chi connectivity index (χ3n) is 2.76. The van der Waals surface area contributed by atoms with Gasteiger partial charge in [0.1, 0.15) is 4.90 Å². The van der Waals surface area contributed by atoms with E-state index in [-0.39, 0.29) is 15.8 Å². The molecule has 0 aliphatic rings. The van der Waals surface area contributed by atoms with E-state index >= 15 is 0 Å². The van der Waals surface area contributed by atoms with Gasteiger partial charge in [0.2, 0.25) is 15.9 Å². The molecule has 0 atom stereocenters. The van der Waals surface area contributed by atoms with Crippen molar-refractivity contribution in [2.75, 3.05) is 25.3 Å². The third kappa shape index (κ3) is 5.14. The summed E-state index contributed by atoms with van der Waals surface area (Å²) in [6, 6.07) is 4.37. The Bertz CT molecular complexity index is 603. The van der Waals surface area contributed by atoms with Crippen LogP contribution in [0.15, 0.2) is 23.1 Å². The SMILES string of the molecule is CN(C)S(=O)(=O)c1cc(NC(=O)CCCCCl)ccc1Cl. The van der Waals surface area contributed by atoms with E-state index in [1.165, 1.54) is 26.2 Å².